The molecule has 0 unspecified atom stereocenters. The minimum Gasteiger partial charge on any atom is -0.489 e. The van der Waals surface area contributed by atoms with E-state index in [9.17, 15) is 9.59 Å². The topological polar surface area (TPSA) is 153 Å². The van der Waals surface area contributed by atoms with E-state index in [0.29, 0.717) is 58.9 Å². The van der Waals surface area contributed by atoms with Crippen molar-refractivity contribution in [2.75, 3.05) is 26.4 Å². The van der Waals surface area contributed by atoms with Crippen molar-refractivity contribution in [1.82, 2.24) is 19.6 Å². The molecule has 2 heterocycles. The molecule has 13 heteroatoms. The number of rotatable bonds is 14. The summed E-state index contributed by atoms with van der Waals surface area (Å²) in [6, 6.07) is 32.9. The summed E-state index contributed by atoms with van der Waals surface area (Å²) in [5, 5.41) is 23.2. The number of nitrogens with zero attached hydrogens (tertiary/aromatic N) is 6. The summed E-state index contributed by atoms with van der Waals surface area (Å²) in [5.41, 5.74) is 3.42. The van der Waals surface area contributed by atoms with Crippen LogP contribution in [-0.2, 0) is 4.74 Å². The zero-order valence-electron chi connectivity index (χ0n) is 26.9. The van der Waals surface area contributed by atoms with Crippen LogP contribution in [0.5, 0.6) is 11.5 Å². The van der Waals surface area contributed by atoms with Crippen LogP contribution in [-0.4, -0.2) is 46.0 Å². The number of ether oxygens (including phenoxy) is 3. The Morgan fingerprint density at radius 2 is 0.898 bits per heavy atom. The van der Waals surface area contributed by atoms with Crippen molar-refractivity contribution in [2.45, 2.75) is 13.8 Å². The van der Waals surface area contributed by atoms with E-state index in [2.05, 4.69) is 30.7 Å². The number of H-pyrrole nitrogens is 2. The van der Waals surface area contributed by atoms with Gasteiger partial charge in [-0.3, -0.25) is 19.8 Å². The first-order chi connectivity index (χ1) is 24.0. The summed E-state index contributed by atoms with van der Waals surface area (Å²) in [4.78, 5) is 25.9. The molecule has 6 aromatic rings. The Kier molecular flexibility index (Phi) is 10.3. The Labute approximate surface area is 281 Å². The zero-order valence-corrected chi connectivity index (χ0v) is 26.9. The van der Waals surface area contributed by atoms with Crippen molar-refractivity contribution >= 4 is 22.7 Å². The van der Waals surface area contributed by atoms with Crippen LogP contribution in [0.1, 0.15) is 11.4 Å². The summed E-state index contributed by atoms with van der Waals surface area (Å²) in [7, 11) is 0. The van der Waals surface area contributed by atoms with E-state index >= 15 is 0 Å². The van der Waals surface area contributed by atoms with Crippen molar-refractivity contribution in [1.29, 1.82) is 0 Å². The van der Waals surface area contributed by atoms with Crippen molar-refractivity contribution < 1.29 is 14.2 Å². The number of hydrogen-bond acceptors (Lipinski definition) is 9. The lowest BCUT2D eigenvalue weighted by atomic mass is 10.3. The molecule has 13 nitrogen and oxygen atoms in total. The molecule has 0 aliphatic heterocycles. The van der Waals surface area contributed by atoms with E-state index in [-0.39, 0.29) is 35.7 Å². The molecule has 0 saturated heterocycles. The maximum atomic E-state index is 13.0. The average molecular weight is 659 g/mol. The van der Waals surface area contributed by atoms with Crippen molar-refractivity contribution in [3.05, 3.63) is 141 Å². The highest BCUT2D eigenvalue weighted by atomic mass is 16.5. The Morgan fingerprint density at radius 1 is 0.510 bits per heavy atom. The highest BCUT2D eigenvalue weighted by Crippen LogP contribution is 2.30. The lowest BCUT2D eigenvalue weighted by Crippen LogP contribution is -2.13. The lowest BCUT2D eigenvalue weighted by Gasteiger charge is -2.10. The standard InChI is InChI=1S/C36H34N8O5/c1-25-33(35(45)43(41-25)27-13-5-3-6-14-27)39-37-29-17-9-11-19-31(29)48-23-21-47-22-24-49-32-20-12-10-18-30(32)38-40-34-26(2)42-44(36(34)46)28-15-7-4-8-16-28/h3-20,41-42H,21-24H2,1-2H3. The molecule has 0 atom stereocenters. The number of aromatic nitrogens is 4. The molecular formula is C36H34N8O5. The van der Waals surface area contributed by atoms with Gasteiger partial charge in [0.15, 0.2) is 11.4 Å². The van der Waals surface area contributed by atoms with Gasteiger partial charge in [0.2, 0.25) is 0 Å². The van der Waals surface area contributed by atoms with Crippen LogP contribution in [0.2, 0.25) is 0 Å². The van der Waals surface area contributed by atoms with Crippen LogP contribution in [0.4, 0.5) is 22.7 Å². The maximum absolute atomic E-state index is 13.0. The Bertz CT molecular complexity index is 2030. The molecule has 6 rings (SSSR count). The summed E-state index contributed by atoms with van der Waals surface area (Å²) in [5.74, 6) is 1.02. The first kappa shape index (κ1) is 32.6. The van der Waals surface area contributed by atoms with Crippen molar-refractivity contribution in [3.63, 3.8) is 0 Å². The largest absolute Gasteiger partial charge is 0.489 e. The second kappa shape index (κ2) is 15.5. The third kappa shape index (κ3) is 7.80. The predicted octanol–water partition coefficient (Wildman–Crippen LogP) is 7.57. The van der Waals surface area contributed by atoms with Crippen LogP contribution in [0.15, 0.2) is 139 Å². The third-order valence-corrected chi connectivity index (χ3v) is 7.33. The molecule has 2 aromatic heterocycles. The second-order valence-corrected chi connectivity index (χ2v) is 10.8. The Morgan fingerprint density at radius 3 is 1.33 bits per heavy atom. The van der Waals surface area contributed by atoms with E-state index in [1.165, 1.54) is 9.36 Å². The van der Waals surface area contributed by atoms with Gasteiger partial charge >= 0.3 is 0 Å². The summed E-state index contributed by atoms with van der Waals surface area (Å²) in [6.45, 7) is 4.67. The molecule has 0 aliphatic carbocycles. The van der Waals surface area contributed by atoms with Crippen LogP contribution in [0.3, 0.4) is 0 Å². The monoisotopic (exact) mass is 658 g/mol. The minimum atomic E-state index is -0.295. The number of aromatic amines is 2. The normalized spacial score (nSPS) is 11.5. The first-order valence-corrected chi connectivity index (χ1v) is 15.6. The predicted molar refractivity (Wildman–Crippen MR) is 185 cm³/mol. The number of aryl methyl sites for hydroxylation is 2. The lowest BCUT2D eigenvalue weighted by molar-refractivity contribution is 0.0767. The molecule has 0 aliphatic rings. The van der Waals surface area contributed by atoms with Gasteiger partial charge in [0.25, 0.3) is 11.1 Å². The van der Waals surface area contributed by atoms with Crippen molar-refractivity contribution in [2.24, 2.45) is 20.5 Å². The van der Waals surface area contributed by atoms with Crippen LogP contribution in [0, 0.1) is 13.8 Å². The minimum absolute atomic E-state index is 0.218. The molecule has 0 amide bonds. The van der Waals surface area contributed by atoms with E-state index < -0.39 is 0 Å². The van der Waals surface area contributed by atoms with Crippen LogP contribution < -0.4 is 20.6 Å². The van der Waals surface area contributed by atoms with Gasteiger partial charge < -0.3 is 14.2 Å². The molecule has 0 saturated carbocycles. The van der Waals surface area contributed by atoms with Crippen LogP contribution >= 0.6 is 0 Å². The smallest absolute Gasteiger partial charge is 0.299 e. The van der Waals surface area contributed by atoms with Gasteiger partial charge in [-0.1, -0.05) is 60.7 Å². The quantitative estimate of drug-likeness (QED) is 0.0913. The zero-order chi connectivity index (χ0) is 34.0. The number of nitrogens with one attached hydrogen (secondary N) is 2. The fraction of sp³-hybridized carbons (Fsp3) is 0.167. The van der Waals surface area contributed by atoms with Gasteiger partial charge in [0.1, 0.15) is 36.1 Å². The van der Waals surface area contributed by atoms with Gasteiger partial charge in [0.05, 0.1) is 36.0 Å². The van der Waals surface area contributed by atoms with E-state index in [1.54, 1.807) is 38.1 Å². The molecule has 49 heavy (non-hydrogen) atoms. The molecule has 2 N–H and O–H groups in total. The number of para-hydroxylation sites is 4. The summed E-state index contributed by atoms with van der Waals surface area (Å²) >= 11 is 0. The number of hydrogen-bond donors (Lipinski definition) is 2. The van der Waals surface area contributed by atoms with Crippen LogP contribution in [0.25, 0.3) is 11.4 Å². The third-order valence-electron chi connectivity index (χ3n) is 7.33. The highest BCUT2D eigenvalue weighted by Gasteiger charge is 2.14. The average Bonchev–Trinajstić information content (AvgIpc) is 3.59. The van der Waals surface area contributed by atoms with Gasteiger partial charge in [-0.2, -0.15) is 0 Å². The van der Waals surface area contributed by atoms with Gasteiger partial charge in [-0.25, -0.2) is 9.36 Å². The van der Waals surface area contributed by atoms with E-state index in [1.807, 2.05) is 84.9 Å². The summed E-state index contributed by atoms with van der Waals surface area (Å²) < 4.78 is 20.4. The Balaban J connectivity index is 0.994. The van der Waals surface area contributed by atoms with Gasteiger partial charge in [-0.15, -0.1) is 20.5 Å². The molecule has 4 aromatic carbocycles. The molecular weight excluding hydrogens is 624 g/mol. The summed E-state index contributed by atoms with van der Waals surface area (Å²) in [6.07, 6.45) is 0. The Hall–Kier alpha value is -6.34. The van der Waals surface area contributed by atoms with Crippen molar-refractivity contribution in [3.8, 4) is 22.9 Å². The van der Waals surface area contributed by atoms with Gasteiger partial charge in [-0.05, 0) is 62.4 Å². The molecule has 0 fully saturated rings. The fourth-order valence-corrected chi connectivity index (χ4v) is 4.88. The molecule has 248 valence electrons. The molecule has 0 spiro atoms. The SMILES string of the molecule is Cc1[nH]n(-c2ccccc2)c(=O)c1N=Nc1ccccc1OCCOCCOc1ccccc1N=Nc1c(C)[nH]n(-c2ccccc2)c1=O. The van der Waals surface area contributed by atoms with E-state index in [4.69, 9.17) is 14.2 Å². The first-order valence-electron chi connectivity index (χ1n) is 15.6. The number of benzene rings is 4. The molecule has 0 radical (unpaired) electrons. The maximum Gasteiger partial charge on any atom is 0.299 e. The highest BCUT2D eigenvalue weighted by molar-refractivity contribution is 5.53. The fourth-order valence-electron chi connectivity index (χ4n) is 4.88. The second-order valence-electron chi connectivity index (χ2n) is 10.8. The van der Waals surface area contributed by atoms with E-state index in [0.717, 1.165) is 0 Å². The molecule has 0 bridgehead atoms. The van der Waals surface area contributed by atoms with Gasteiger partial charge in [0, 0.05) is 0 Å². The number of azo groups is 2.